The van der Waals surface area contributed by atoms with Crippen molar-refractivity contribution < 1.29 is 19.4 Å². The minimum atomic E-state index is -0.224. The molecule has 0 spiro atoms. The van der Waals surface area contributed by atoms with E-state index in [0.29, 0.717) is 30.0 Å². The molecule has 1 aliphatic heterocycles. The van der Waals surface area contributed by atoms with Crippen LogP contribution >= 0.6 is 0 Å². The van der Waals surface area contributed by atoms with Crippen molar-refractivity contribution in [2.45, 2.75) is 59.3 Å². The molecule has 1 heterocycles. The number of nitrogens with one attached hydrogen (secondary N) is 1. The Morgan fingerprint density at radius 1 is 1.20 bits per heavy atom. The van der Waals surface area contributed by atoms with Crippen LogP contribution in [0, 0.1) is 19.8 Å². The number of esters is 1. The first-order chi connectivity index (χ1) is 16.8. The zero-order chi connectivity index (χ0) is 25.1. The van der Waals surface area contributed by atoms with Gasteiger partial charge in [0.05, 0.1) is 35.2 Å². The van der Waals surface area contributed by atoms with E-state index in [1.54, 1.807) is 19.2 Å². The Hall–Kier alpha value is -3.61. The van der Waals surface area contributed by atoms with Crippen molar-refractivity contribution in [3.63, 3.8) is 0 Å². The summed E-state index contributed by atoms with van der Waals surface area (Å²) in [7, 11) is 0. The quantitative estimate of drug-likeness (QED) is 0.324. The average Bonchev–Trinajstić information content (AvgIpc) is 3.13. The van der Waals surface area contributed by atoms with Crippen molar-refractivity contribution in [1.29, 1.82) is 0 Å². The van der Waals surface area contributed by atoms with Crippen LogP contribution in [0.5, 0.6) is 5.75 Å². The van der Waals surface area contributed by atoms with Gasteiger partial charge in [0.25, 0.3) is 5.91 Å². The highest BCUT2D eigenvalue weighted by Gasteiger charge is 2.31. The highest BCUT2D eigenvalue weighted by molar-refractivity contribution is 6.29. The second kappa shape index (κ2) is 10.3. The maximum atomic E-state index is 13.1. The fraction of sp³-hybridized carbons (Fsp3) is 0.393. The summed E-state index contributed by atoms with van der Waals surface area (Å²) in [6, 6.07) is 11.4. The predicted molar refractivity (Wildman–Crippen MR) is 138 cm³/mol. The number of hydrogen-bond donors (Lipinski definition) is 2. The van der Waals surface area contributed by atoms with Crippen molar-refractivity contribution in [2.24, 2.45) is 11.0 Å². The summed E-state index contributed by atoms with van der Waals surface area (Å²) in [5.41, 5.74) is 5.32. The lowest BCUT2D eigenvalue weighted by Crippen LogP contribution is -2.24. The van der Waals surface area contributed by atoms with Crippen LogP contribution in [-0.2, 0) is 14.3 Å². The molecular weight excluding hydrogens is 442 g/mol. The molecule has 7 heteroatoms. The van der Waals surface area contributed by atoms with Crippen LogP contribution in [0.2, 0.25) is 0 Å². The molecule has 35 heavy (non-hydrogen) atoms. The summed E-state index contributed by atoms with van der Waals surface area (Å²) in [6.45, 7) is 8.02. The molecular formula is C28H33N3O4. The van der Waals surface area contributed by atoms with Gasteiger partial charge in [-0.25, -0.2) is 0 Å². The first kappa shape index (κ1) is 24.5. The van der Waals surface area contributed by atoms with Crippen molar-refractivity contribution in [1.82, 2.24) is 0 Å². The lowest BCUT2D eigenvalue weighted by molar-refractivity contribution is -0.149. The molecule has 184 valence electrons. The van der Waals surface area contributed by atoms with E-state index in [4.69, 9.17) is 4.74 Å². The molecule has 4 rings (SSSR count). The van der Waals surface area contributed by atoms with Crippen LogP contribution in [0.3, 0.4) is 0 Å². The number of rotatable bonds is 6. The molecule has 0 radical (unpaired) electrons. The maximum absolute atomic E-state index is 13.1. The topological polar surface area (TPSA) is 91.2 Å². The molecule has 2 unspecified atom stereocenters. The Bertz CT molecular complexity index is 1200. The van der Waals surface area contributed by atoms with Crippen molar-refractivity contribution in [3.05, 3.63) is 64.9 Å². The van der Waals surface area contributed by atoms with Crippen LogP contribution in [-0.4, -0.2) is 29.3 Å². The van der Waals surface area contributed by atoms with Crippen molar-refractivity contribution in [2.75, 3.05) is 16.9 Å². The zero-order valence-corrected chi connectivity index (χ0v) is 20.8. The Labute approximate surface area is 206 Å². The summed E-state index contributed by atoms with van der Waals surface area (Å²) in [5.74, 6) is -0.302. The second-order valence-electron chi connectivity index (χ2n) is 9.33. The number of hydrogen-bond acceptors (Lipinski definition) is 6. The molecule has 0 saturated heterocycles. The molecule has 2 N–H and O–H groups in total. The van der Waals surface area contributed by atoms with Gasteiger partial charge in [0.1, 0.15) is 5.75 Å². The number of nitrogens with zero attached hydrogens (tertiary/aromatic N) is 2. The summed E-state index contributed by atoms with van der Waals surface area (Å²) in [5, 5.41) is 20.0. The first-order valence-electron chi connectivity index (χ1n) is 12.2. The lowest BCUT2D eigenvalue weighted by Gasteiger charge is -2.28. The van der Waals surface area contributed by atoms with E-state index < -0.39 is 0 Å². The molecule has 1 saturated carbocycles. The van der Waals surface area contributed by atoms with E-state index in [1.807, 2.05) is 51.1 Å². The maximum Gasteiger partial charge on any atom is 0.308 e. The summed E-state index contributed by atoms with van der Waals surface area (Å²) in [4.78, 5) is 25.3. The van der Waals surface area contributed by atoms with Crippen molar-refractivity contribution in [3.8, 4) is 5.75 Å². The average molecular weight is 476 g/mol. The molecule has 2 aliphatic rings. The largest absolute Gasteiger partial charge is 0.505 e. The molecule has 0 bridgehead atoms. The number of benzene rings is 2. The van der Waals surface area contributed by atoms with Crippen LogP contribution in [0.4, 0.5) is 11.4 Å². The van der Waals surface area contributed by atoms with Gasteiger partial charge < -0.3 is 15.2 Å². The Kier molecular flexibility index (Phi) is 7.24. The fourth-order valence-electron chi connectivity index (χ4n) is 4.82. The molecule has 2 atom stereocenters. The summed E-state index contributed by atoms with van der Waals surface area (Å²) < 4.78 is 5.22. The molecule has 1 amide bonds. The number of hydrazone groups is 1. The van der Waals surface area contributed by atoms with E-state index in [0.717, 1.165) is 41.6 Å². The predicted octanol–water partition coefficient (Wildman–Crippen LogP) is 5.56. The monoisotopic (exact) mass is 475 g/mol. The second-order valence-corrected chi connectivity index (χ2v) is 9.33. The molecule has 1 aliphatic carbocycles. The molecule has 7 nitrogen and oxygen atoms in total. The van der Waals surface area contributed by atoms with Gasteiger partial charge in [-0.3, -0.25) is 9.59 Å². The van der Waals surface area contributed by atoms with E-state index in [9.17, 15) is 14.7 Å². The van der Waals surface area contributed by atoms with Gasteiger partial charge in [-0.15, -0.1) is 0 Å². The van der Waals surface area contributed by atoms with E-state index >= 15 is 0 Å². The van der Waals surface area contributed by atoms with Crippen LogP contribution in [0.1, 0.15) is 62.1 Å². The number of aromatic hydroxyl groups is 1. The molecule has 2 aromatic rings. The van der Waals surface area contributed by atoms with Gasteiger partial charge in [0, 0.05) is 6.20 Å². The van der Waals surface area contributed by atoms with Crippen molar-refractivity contribution >= 4 is 29.0 Å². The zero-order valence-electron chi connectivity index (χ0n) is 20.8. The summed E-state index contributed by atoms with van der Waals surface area (Å²) in [6.07, 6.45) is 4.89. The normalized spacial score (nSPS) is 21.3. The van der Waals surface area contributed by atoms with E-state index in [2.05, 4.69) is 10.4 Å². The third-order valence-electron chi connectivity index (χ3n) is 6.97. The lowest BCUT2D eigenvalue weighted by atomic mass is 9.77. The smallest absolute Gasteiger partial charge is 0.308 e. The molecule has 2 aromatic carbocycles. The van der Waals surface area contributed by atoms with Gasteiger partial charge in [0.2, 0.25) is 0 Å². The van der Waals surface area contributed by atoms with Crippen LogP contribution in [0.15, 0.2) is 53.3 Å². The Balaban J connectivity index is 1.51. The first-order valence-corrected chi connectivity index (χ1v) is 12.2. The number of para-hydroxylation sites is 1. The minimum absolute atomic E-state index is 0.0734. The summed E-state index contributed by atoms with van der Waals surface area (Å²) >= 11 is 0. The number of carbonyl (C=O) groups excluding carboxylic acids is 2. The van der Waals surface area contributed by atoms with Gasteiger partial charge in [-0.2, -0.15) is 10.1 Å². The SMILES string of the molecule is CCOC(=O)C1CCCC(c2cccc(N/C=C3\C(=O)N(c4ccc(C)c(C)c4)N=C3C)c2O)C1. The highest BCUT2D eigenvalue weighted by Crippen LogP contribution is 2.42. The number of aryl methyl sites for hydroxylation is 2. The van der Waals surface area contributed by atoms with Gasteiger partial charge in [-0.05, 0) is 87.8 Å². The highest BCUT2D eigenvalue weighted by atomic mass is 16.5. The number of amides is 1. The number of carbonyl (C=O) groups is 2. The third kappa shape index (κ3) is 5.09. The van der Waals surface area contributed by atoms with Gasteiger partial charge >= 0.3 is 5.97 Å². The standard InChI is InChI=1S/C28H33N3O4/c1-5-35-28(34)21-9-6-8-20(15-21)23-10-7-11-25(26(23)32)29-16-24-19(4)30-31(27(24)33)22-13-12-17(2)18(3)14-22/h7,10-14,16,20-21,29,32H,5-6,8-9,15H2,1-4H3/b24-16-. The van der Waals surface area contributed by atoms with E-state index in [-0.39, 0.29) is 29.5 Å². The third-order valence-corrected chi connectivity index (χ3v) is 6.97. The van der Waals surface area contributed by atoms with Gasteiger partial charge in [0.15, 0.2) is 0 Å². The molecule has 1 fully saturated rings. The Morgan fingerprint density at radius 3 is 2.74 bits per heavy atom. The molecule has 0 aromatic heterocycles. The number of anilines is 2. The Morgan fingerprint density at radius 2 is 2.00 bits per heavy atom. The van der Waals surface area contributed by atoms with Crippen LogP contribution < -0.4 is 10.3 Å². The van der Waals surface area contributed by atoms with Gasteiger partial charge in [-0.1, -0.05) is 24.6 Å². The number of phenolic OH excluding ortho intramolecular Hbond substituents is 1. The fourth-order valence-corrected chi connectivity index (χ4v) is 4.82. The van der Waals surface area contributed by atoms with E-state index in [1.165, 1.54) is 5.01 Å². The van der Waals surface area contributed by atoms with Crippen LogP contribution in [0.25, 0.3) is 0 Å². The number of phenols is 1. The minimum Gasteiger partial charge on any atom is -0.505 e. The number of ether oxygens (including phenoxy) is 1.